The van der Waals surface area contributed by atoms with Gasteiger partial charge >= 0.3 is 0 Å². The van der Waals surface area contributed by atoms with Crippen molar-refractivity contribution in [2.45, 2.75) is 52.9 Å². The fourth-order valence-corrected chi connectivity index (χ4v) is 4.13. The van der Waals surface area contributed by atoms with Gasteiger partial charge in [-0.05, 0) is 44.4 Å². The minimum absolute atomic E-state index is 0.228. The maximum absolute atomic E-state index is 12.4. The lowest BCUT2D eigenvalue weighted by Gasteiger charge is -2.38. The van der Waals surface area contributed by atoms with Crippen molar-refractivity contribution in [3.05, 3.63) is 0 Å². The number of nitrogens with one attached hydrogen (secondary N) is 2. The van der Waals surface area contributed by atoms with E-state index in [1.165, 1.54) is 6.42 Å². The maximum Gasteiger partial charge on any atom is 0.225 e. The van der Waals surface area contributed by atoms with Crippen LogP contribution in [0.5, 0.6) is 0 Å². The number of aliphatic imine (C=N–C) groups is 1. The molecule has 1 saturated heterocycles. The summed E-state index contributed by atoms with van der Waals surface area (Å²) in [6.45, 7) is 13.8. The third kappa shape index (κ3) is 8.51. The van der Waals surface area contributed by atoms with Crippen molar-refractivity contribution < 1.29 is 9.90 Å². The number of guanidine groups is 1. The summed E-state index contributed by atoms with van der Waals surface area (Å²) in [6, 6.07) is 0. The lowest BCUT2D eigenvalue weighted by molar-refractivity contribution is -0.139. The van der Waals surface area contributed by atoms with Crippen LogP contribution in [0.25, 0.3) is 0 Å². The summed E-state index contributed by atoms with van der Waals surface area (Å²) in [5.74, 6) is 2.60. The third-order valence-electron chi connectivity index (χ3n) is 6.05. The Morgan fingerprint density at radius 1 is 1.17 bits per heavy atom. The molecule has 1 aliphatic heterocycles. The molecule has 7 heteroatoms. The summed E-state index contributed by atoms with van der Waals surface area (Å²) >= 11 is 0. The highest BCUT2D eigenvalue weighted by atomic mass is 16.3. The molecule has 0 aromatic heterocycles. The van der Waals surface area contributed by atoms with Crippen molar-refractivity contribution in [2.75, 3.05) is 59.0 Å². The molecule has 7 nitrogen and oxygen atoms in total. The molecule has 3 N–H and O–H groups in total. The summed E-state index contributed by atoms with van der Waals surface area (Å²) in [7, 11) is 0. The van der Waals surface area contributed by atoms with Crippen LogP contribution in [0.2, 0.25) is 0 Å². The smallest absolute Gasteiger partial charge is 0.225 e. The van der Waals surface area contributed by atoms with Gasteiger partial charge in [0, 0.05) is 64.9 Å². The number of nitrogens with zero attached hydrogens (tertiary/aromatic N) is 3. The molecule has 1 amide bonds. The van der Waals surface area contributed by atoms with E-state index >= 15 is 0 Å². The maximum atomic E-state index is 12.4. The molecule has 1 aliphatic carbocycles. The van der Waals surface area contributed by atoms with E-state index in [4.69, 9.17) is 4.99 Å². The number of hydrogen-bond acceptors (Lipinski definition) is 4. The van der Waals surface area contributed by atoms with Crippen molar-refractivity contribution in [2.24, 2.45) is 22.7 Å². The number of rotatable bonds is 11. The third-order valence-corrected chi connectivity index (χ3v) is 6.05. The topological polar surface area (TPSA) is 80.2 Å². The zero-order valence-electron chi connectivity index (χ0n) is 18.8. The lowest BCUT2D eigenvalue weighted by atomic mass is 9.84. The van der Waals surface area contributed by atoms with Crippen LogP contribution in [0, 0.1) is 17.8 Å². The average Bonchev–Trinajstić information content (AvgIpc) is 2.64. The summed E-state index contributed by atoms with van der Waals surface area (Å²) in [5.41, 5.74) is 0. The van der Waals surface area contributed by atoms with Crippen LogP contribution in [0.3, 0.4) is 0 Å². The molecular weight excluding hydrogens is 366 g/mol. The number of hydrogen-bond donors (Lipinski definition) is 3. The van der Waals surface area contributed by atoms with Crippen LogP contribution < -0.4 is 10.6 Å². The van der Waals surface area contributed by atoms with Gasteiger partial charge in [-0.25, -0.2) is 0 Å². The van der Waals surface area contributed by atoms with Crippen LogP contribution in [-0.4, -0.2) is 85.7 Å². The van der Waals surface area contributed by atoms with E-state index in [1.807, 2.05) is 0 Å². The second kappa shape index (κ2) is 13.1. The second-order valence-electron chi connectivity index (χ2n) is 8.95. The minimum atomic E-state index is 0.228. The monoisotopic (exact) mass is 409 g/mol. The van der Waals surface area contributed by atoms with Crippen molar-refractivity contribution in [3.8, 4) is 0 Å². The number of carbonyl (C=O) groups excluding carboxylic acids is 1. The van der Waals surface area contributed by atoms with E-state index in [2.05, 4.69) is 41.2 Å². The van der Waals surface area contributed by atoms with Gasteiger partial charge in [0.2, 0.25) is 5.91 Å². The molecular formula is C22H43N5O2. The molecule has 0 spiro atoms. The van der Waals surface area contributed by atoms with Crippen LogP contribution in [0.4, 0.5) is 0 Å². The predicted molar refractivity (Wildman–Crippen MR) is 119 cm³/mol. The Labute approximate surface area is 177 Å². The number of carbonyl (C=O) groups is 1. The molecule has 29 heavy (non-hydrogen) atoms. The first kappa shape index (κ1) is 23.9. The first-order valence-electron chi connectivity index (χ1n) is 11.7. The molecule has 168 valence electrons. The van der Waals surface area contributed by atoms with Crippen LogP contribution in [0.15, 0.2) is 4.99 Å². The molecule has 2 aliphatic rings. The Balaban J connectivity index is 1.69. The zero-order valence-corrected chi connectivity index (χ0v) is 18.8. The molecule has 0 bridgehead atoms. The zero-order chi connectivity index (χ0) is 21.1. The van der Waals surface area contributed by atoms with Gasteiger partial charge in [0.05, 0.1) is 0 Å². The highest BCUT2D eigenvalue weighted by Crippen LogP contribution is 2.28. The fourth-order valence-electron chi connectivity index (χ4n) is 4.13. The highest BCUT2D eigenvalue weighted by molar-refractivity contribution is 5.80. The molecule has 2 rings (SSSR count). The van der Waals surface area contributed by atoms with E-state index in [-0.39, 0.29) is 6.61 Å². The van der Waals surface area contributed by atoms with Crippen LogP contribution in [-0.2, 0) is 4.79 Å². The van der Waals surface area contributed by atoms with Gasteiger partial charge in [0.15, 0.2) is 5.96 Å². The number of amides is 1. The average molecular weight is 410 g/mol. The molecule has 1 atom stereocenters. The van der Waals surface area contributed by atoms with Gasteiger partial charge in [-0.2, -0.15) is 0 Å². The molecule has 1 heterocycles. The van der Waals surface area contributed by atoms with Gasteiger partial charge in [0.25, 0.3) is 0 Å². The van der Waals surface area contributed by atoms with E-state index in [0.29, 0.717) is 23.7 Å². The van der Waals surface area contributed by atoms with E-state index < -0.39 is 0 Å². The Morgan fingerprint density at radius 2 is 1.90 bits per heavy atom. The Hall–Kier alpha value is -1.34. The second-order valence-corrected chi connectivity index (χ2v) is 8.95. The number of piperazine rings is 1. The van der Waals surface area contributed by atoms with Gasteiger partial charge in [0.1, 0.15) is 0 Å². The van der Waals surface area contributed by atoms with E-state index in [9.17, 15) is 9.90 Å². The Kier molecular flexibility index (Phi) is 10.8. The quantitative estimate of drug-likeness (QED) is 0.356. The van der Waals surface area contributed by atoms with Crippen molar-refractivity contribution in [3.63, 3.8) is 0 Å². The number of aliphatic hydroxyl groups excluding tert-OH is 1. The molecule has 0 aromatic carbocycles. The highest BCUT2D eigenvalue weighted by Gasteiger charge is 2.30. The van der Waals surface area contributed by atoms with Crippen LogP contribution in [0.1, 0.15) is 52.9 Å². The summed E-state index contributed by atoms with van der Waals surface area (Å²) in [6.07, 6.45) is 5.30. The molecule has 0 radical (unpaired) electrons. The normalized spacial score (nSPS) is 19.9. The first-order chi connectivity index (χ1) is 14.0. The SMILES string of the molecule is CCNC(=NCC(CCO)CC(C)C)NCCN1CCN(C(=O)C2CCC2)CC1. The van der Waals surface area contributed by atoms with Gasteiger partial charge in [-0.1, -0.05) is 20.3 Å². The van der Waals surface area contributed by atoms with E-state index in [0.717, 1.165) is 84.0 Å². The van der Waals surface area contributed by atoms with Gasteiger partial charge in [-0.15, -0.1) is 0 Å². The molecule has 2 fully saturated rings. The van der Waals surface area contributed by atoms with Gasteiger partial charge in [-0.3, -0.25) is 14.7 Å². The standard InChI is InChI=1S/C22H43N5O2/c1-4-23-22(25-17-19(8-15-28)16-18(2)3)24-9-10-26-11-13-27(14-12-26)21(29)20-6-5-7-20/h18-20,28H,4-17H2,1-3H3,(H2,23,24,25). The Bertz CT molecular complexity index is 499. The summed E-state index contributed by atoms with van der Waals surface area (Å²) < 4.78 is 0. The molecule has 1 unspecified atom stereocenters. The number of aliphatic hydroxyl groups is 1. The van der Waals surface area contributed by atoms with Crippen molar-refractivity contribution in [1.29, 1.82) is 0 Å². The Morgan fingerprint density at radius 3 is 2.45 bits per heavy atom. The lowest BCUT2D eigenvalue weighted by Crippen LogP contribution is -2.52. The van der Waals surface area contributed by atoms with E-state index in [1.54, 1.807) is 0 Å². The van der Waals surface area contributed by atoms with Crippen LogP contribution >= 0.6 is 0 Å². The largest absolute Gasteiger partial charge is 0.396 e. The van der Waals surface area contributed by atoms with Crippen molar-refractivity contribution >= 4 is 11.9 Å². The first-order valence-corrected chi connectivity index (χ1v) is 11.7. The summed E-state index contributed by atoms with van der Waals surface area (Å²) in [5, 5.41) is 16.1. The summed E-state index contributed by atoms with van der Waals surface area (Å²) in [4.78, 5) is 21.6. The molecule has 0 aromatic rings. The minimum Gasteiger partial charge on any atom is -0.396 e. The predicted octanol–water partition coefficient (Wildman–Crippen LogP) is 1.53. The van der Waals surface area contributed by atoms with Gasteiger partial charge < -0.3 is 20.6 Å². The fraction of sp³-hybridized carbons (Fsp3) is 0.909. The molecule has 1 saturated carbocycles. The van der Waals surface area contributed by atoms with Crippen molar-refractivity contribution in [1.82, 2.24) is 20.4 Å².